The molecule has 0 saturated carbocycles. The minimum Gasteiger partial charge on any atom is -0.497 e. The highest BCUT2D eigenvalue weighted by Gasteiger charge is 2.18. The van der Waals surface area contributed by atoms with Crippen LogP contribution in [0.4, 0.5) is 0 Å². The second-order valence-electron chi connectivity index (χ2n) is 7.15. The highest BCUT2D eigenvalue weighted by atomic mass is 16.5. The molecule has 0 atom stereocenters. The van der Waals surface area contributed by atoms with Crippen LogP contribution < -0.4 is 10.2 Å². The molecule has 1 fully saturated rings. The average Bonchev–Trinajstić information content (AvgIpc) is 3.17. The molecule has 1 aliphatic heterocycles. The summed E-state index contributed by atoms with van der Waals surface area (Å²) in [4.78, 5) is 26.8. The van der Waals surface area contributed by atoms with E-state index in [2.05, 4.69) is 10.5 Å². The zero-order valence-electron chi connectivity index (χ0n) is 17.3. The van der Waals surface area contributed by atoms with Gasteiger partial charge in [0.2, 0.25) is 5.91 Å². The lowest BCUT2D eigenvalue weighted by Gasteiger charge is -2.27. The quantitative estimate of drug-likeness (QED) is 0.490. The third-order valence-electron chi connectivity index (χ3n) is 5.19. The summed E-state index contributed by atoms with van der Waals surface area (Å²) in [6, 6.07) is 14.7. The number of benzene rings is 2. The number of methoxy groups -OCH3 is 1. The number of nitrogens with one attached hydrogen (secondary N) is 1. The van der Waals surface area contributed by atoms with Crippen LogP contribution in [-0.2, 0) is 16.1 Å². The molecular weight excluding hydrogens is 396 g/mol. The number of para-hydroxylation sites is 1. The number of rotatable bonds is 6. The van der Waals surface area contributed by atoms with Crippen molar-refractivity contribution >= 4 is 28.9 Å². The van der Waals surface area contributed by atoms with Gasteiger partial charge in [0, 0.05) is 41.3 Å². The Morgan fingerprint density at radius 1 is 1.16 bits per heavy atom. The number of fused-ring (bicyclic) bond motifs is 1. The van der Waals surface area contributed by atoms with Gasteiger partial charge in [-0.3, -0.25) is 9.59 Å². The predicted octanol–water partition coefficient (Wildman–Crippen LogP) is 2.27. The second-order valence-corrected chi connectivity index (χ2v) is 7.15. The first-order chi connectivity index (χ1) is 15.2. The number of hydrogen-bond donors (Lipinski definition) is 1. The molecule has 1 N–H and O–H groups in total. The van der Waals surface area contributed by atoms with Gasteiger partial charge in [-0.2, -0.15) is 5.10 Å². The summed E-state index contributed by atoms with van der Waals surface area (Å²) < 4.78 is 12.4. The molecule has 3 aromatic rings. The van der Waals surface area contributed by atoms with Crippen LogP contribution in [0.1, 0.15) is 15.9 Å². The molecule has 0 radical (unpaired) electrons. The number of carbonyl (C=O) groups is 2. The van der Waals surface area contributed by atoms with Crippen LogP contribution in [0.5, 0.6) is 5.75 Å². The Kier molecular flexibility index (Phi) is 6.28. The number of nitrogens with zero attached hydrogens (tertiary/aromatic N) is 3. The third-order valence-corrected chi connectivity index (χ3v) is 5.19. The summed E-state index contributed by atoms with van der Waals surface area (Å²) in [5.74, 6) is 0.324. The minimum atomic E-state index is -0.332. The Morgan fingerprint density at radius 2 is 1.97 bits per heavy atom. The summed E-state index contributed by atoms with van der Waals surface area (Å²) in [6.07, 6.45) is 3.47. The molecule has 2 aromatic carbocycles. The van der Waals surface area contributed by atoms with Crippen molar-refractivity contribution in [2.24, 2.45) is 5.10 Å². The first-order valence-corrected chi connectivity index (χ1v) is 10.1. The van der Waals surface area contributed by atoms with Crippen molar-refractivity contribution in [2.45, 2.75) is 6.54 Å². The van der Waals surface area contributed by atoms with Gasteiger partial charge >= 0.3 is 0 Å². The largest absolute Gasteiger partial charge is 0.497 e. The molecule has 0 unspecified atom stereocenters. The van der Waals surface area contributed by atoms with Crippen LogP contribution in [0.3, 0.4) is 0 Å². The number of hydrazone groups is 1. The molecule has 31 heavy (non-hydrogen) atoms. The van der Waals surface area contributed by atoms with Gasteiger partial charge in [-0.15, -0.1) is 0 Å². The molecule has 160 valence electrons. The fourth-order valence-electron chi connectivity index (χ4n) is 3.56. The van der Waals surface area contributed by atoms with Gasteiger partial charge in [0.15, 0.2) is 0 Å². The van der Waals surface area contributed by atoms with E-state index >= 15 is 0 Å². The molecule has 4 rings (SSSR count). The molecule has 8 nitrogen and oxygen atoms in total. The maximum atomic E-state index is 12.7. The highest BCUT2D eigenvalue weighted by Crippen LogP contribution is 2.20. The SMILES string of the molecule is COc1cccc(C(=O)N/N=C\c2cn(CC(=O)N3CCOCC3)c3ccccc23)c1. The molecule has 1 aliphatic rings. The number of amides is 2. The lowest BCUT2D eigenvalue weighted by molar-refractivity contribution is -0.135. The zero-order valence-corrected chi connectivity index (χ0v) is 17.3. The first kappa shape index (κ1) is 20.6. The van der Waals surface area contributed by atoms with E-state index in [0.29, 0.717) is 37.6 Å². The van der Waals surface area contributed by atoms with Gasteiger partial charge in [-0.05, 0) is 24.3 Å². The summed E-state index contributed by atoms with van der Waals surface area (Å²) in [5, 5.41) is 5.07. The van der Waals surface area contributed by atoms with E-state index in [-0.39, 0.29) is 18.4 Å². The zero-order chi connectivity index (χ0) is 21.6. The monoisotopic (exact) mass is 420 g/mol. The van der Waals surface area contributed by atoms with Crippen LogP contribution in [0.15, 0.2) is 59.8 Å². The van der Waals surface area contributed by atoms with Crippen LogP contribution in [0.2, 0.25) is 0 Å². The standard InChI is InChI=1S/C23H24N4O4/c1-30-19-6-4-5-17(13-19)23(29)25-24-14-18-15-27(21-8-3-2-7-20(18)21)16-22(28)26-9-11-31-12-10-26/h2-8,13-15H,9-12,16H2,1H3,(H,25,29)/b24-14-. The van der Waals surface area contributed by atoms with Gasteiger partial charge in [-0.25, -0.2) is 5.43 Å². The lowest BCUT2D eigenvalue weighted by atomic mass is 10.2. The fourth-order valence-corrected chi connectivity index (χ4v) is 3.56. The van der Waals surface area contributed by atoms with Crippen molar-refractivity contribution in [3.63, 3.8) is 0 Å². The first-order valence-electron chi connectivity index (χ1n) is 10.1. The summed E-state index contributed by atoms with van der Waals surface area (Å²) in [6.45, 7) is 2.61. The van der Waals surface area contributed by atoms with Crippen molar-refractivity contribution in [1.29, 1.82) is 0 Å². The van der Waals surface area contributed by atoms with Gasteiger partial charge in [0.25, 0.3) is 5.91 Å². The molecule has 0 aliphatic carbocycles. The molecular formula is C23H24N4O4. The number of aromatic nitrogens is 1. The van der Waals surface area contributed by atoms with Crippen LogP contribution in [0, 0.1) is 0 Å². The van der Waals surface area contributed by atoms with Gasteiger partial charge in [-0.1, -0.05) is 24.3 Å². The van der Waals surface area contributed by atoms with Gasteiger partial charge in [0.1, 0.15) is 12.3 Å². The van der Waals surface area contributed by atoms with E-state index in [9.17, 15) is 9.59 Å². The molecule has 2 amide bonds. The van der Waals surface area contributed by atoms with Crippen LogP contribution in [0.25, 0.3) is 10.9 Å². The van der Waals surface area contributed by atoms with Crippen molar-refractivity contribution in [3.8, 4) is 5.75 Å². The number of ether oxygens (including phenoxy) is 2. The Balaban J connectivity index is 1.50. The Hall–Kier alpha value is -3.65. The smallest absolute Gasteiger partial charge is 0.271 e. The Labute approximate surface area is 180 Å². The molecule has 1 aromatic heterocycles. The number of morpholine rings is 1. The third kappa shape index (κ3) is 4.75. The van der Waals surface area contributed by atoms with E-state index < -0.39 is 0 Å². The predicted molar refractivity (Wildman–Crippen MR) is 117 cm³/mol. The summed E-state index contributed by atoms with van der Waals surface area (Å²) in [5.41, 5.74) is 4.75. The van der Waals surface area contributed by atoms with Crippen molar-refractivity contribution in [3.05, 3.63) is 65.9 Å². The lowest BCUT2D eigenvalue weighted by Crippen LogP contribution is -2.42. The Bertz CT molecular complexity index is 1120. The maximum Gasteiger partial charge on any atom is 0.271 e. The maximum absolute atomic E-state index is 12.7. The van der Waals surface area contributed by atoms with Crippen molar-refractivity contribution in [2.75, 3.05) is 33.4 Å². The topological polar surface area (TPSA) is 85.2 Å². The van der Waals surface area contributed by atoms with E-state index in [4.69, 9.17) is 9.47 Å². The van der Waals surface area contributed by atoms with E-state index in [0.717, 1.165) is 16.5 Å². The molecule has 2 heterocycles. The molecule has 0 bridgehead atoms. The van der Waals surface area contributed by atoms with Crippen molar-refractivity contribution in [1.82, 2.24) is 14.9 Å². The number of carbonyl (C=O) groups excluding carboxylic acids is 2. The van der Waals surface area contributed by atoms with Gasteiger partial charge < -0.3 is 18.9 Å². The van der Waals surface area contributed by atoms with Crippen molar-refractivity contribution < 1.29 is 19.1 Å². The number of hydrogen-bond acceptors (Lipinski definition) is 5. The normalized spacial score (nSPS) is 14.2. The second kappa shape index (κ2) is 9.44. The van der Waals surface area contributed by atoms with E-state index in [1.165, 1.54) is 0 Å². The summed E-state index contributed by atoms with van der Waals surface area (Å²) in [7, 11) is 1.55. The molecule has 0 spiro atoms. The molecule has 8 heteroatoms. The van der Waals surface area contributed by atoms with Crippen LogP contribution >= 0.6 is 0 Å². The fraction of sp³-hybridized carbons (Fsp3) is 0.261. The highest BCUT2D eigenvalue weighted by molar-refractivity contribution is 6.01. The van der Waals surface area contributed by atoms with E-state index in [1.807, 2.05) is 39.9 Å². The summed E-state index contributed by atoms with van der Waals surface area (Å²) >= 11 is 0. The van der Waals surface area contributed by atoms with Gasteiger partial charge in [0.05, 0.1) is 26.5 Å². The van der Waals surface area contributed by atoms with Crippen LogP contribution in [-0.4, -0.2) is 60.9 Å². The Morgan fingerprint density at radius 3 is 2.77 bits per heavy atom. The average molecular weight is 420 g/mol. The minimum absolute atomic E-state index is 0.0545. The molecule has 1 saturated heterocycles. The van der Waals surface area contributed by atoms with E-state index in [1.54, 1.807) is 37.6 Å².